The fourth-order valence-electron chi connectivity index (χ4n) is 2.72. The SMILES string of the molecule is CCOC(=O)c1cccc(NC(=O)CSc2nc3ccc(OC)cc3cc2C#N)c1. The van der Waals surface area contributed by atoms with Gasteiger partial charge in [-0.3, -0.25) is 4.79 Å². The van der Waals surface area contributed by atoms with Crippen LogP contribution in [0.1, 0.15) is 22.8 Å². The zero-order valence-electron chi connectivity index (χ0n) is 16.5. The number of pyridine rings is 1. The molecule has 1 amide bonds. The molecule has 1 aromatic heterocycles. The van der Waals surface area contributed by atoms with Gasteiger partial charge in [-0.25, -0.2) is 9.78 Å². The number of carbonyl (C=O) groups is 2. The Balaban J connectivity index is 1.70. The molecule has 0 radical (unpaired) electrons. The first-order valence-corrected chi connectivity index (χ1v) is 10.1. The quantitative estimate of drug-likeness (QED) is 0.454. The van der Waals surface area contributed by atoms with Gasteiger partial charge in [-0.05, 0) is 49.4 Å². The van der Waals surface area contributed by atoms with Crippen molar-refractivity contribution in [3.63, 3.8) is 0 Å². The number of carbonyl (C=O) groups excluding carboxylic acids is 2. The smallest absolute Gasteiger partial charge is 0.338 e. The van der Waals surface area contributed by atoms with Crippen LogP contribution in [0.15, 0.2) is 53.6 Å². The van der Waals surface area contributed by atoms with Gasteiger partial charge in [-0.2, -0.15) is 5.26 Å². The van der Waals surface area contributed by atoms with Crippen molar-refractivity contribution in [3.8, 4) is 11.8 Å². The summed E-state index contributed by atoms with van der Waals surface area (Å²) in [7, 11) is 1.57. The fraction of sp³-hybridized carbons (Fsp3) is 0.182. The number of nitrogens with one attached hydrogen (secondary N) is 1. The Morgan fingerprint density at radius 1 is 1.20 bits per heavy atom. The standard InChI is InChI=1S/C22H19N3O4S/c1-3-29-22(27)14-5-4-6-17(10-14)24-20(26)13-30-21-16(12-23)9-15-11-18(28-2)7-8-19(15)25-21/h4-11H,3,13H2,1-2H3,(H,24,26). The minimum Gasteiger partial charge on any atom is -0.497 e. The largest absolute Gasteiger partial charge is 0.497 e. The average molecular weight is 421 g/mol. The lowest BCUT2D eigenvalue weighted by atomic mass is 10.1. The minimum absolute atomic E-state index is 0.0625. The number of nitrogens with zero attached hydrogens (tertiary/aromatic N) is 2. The molecule has 0 saturated carbocycles. The first-order valence-electron chi connectivity index (χ1n) is 9.12. The fourth-order valence-corrected chi connectivity index (χ4v) is 3.49. The van der Waals surface area contributed by atoms with Crippen molar-refractivity contribution < 1.29 is 19.1 Å². The number of ether oxygens (including phenoxy) is 2. The molecule has 0 atom stereocenters. The van der Waals surface area contributed by atoms with Crippen LogP contribution in [0, 0.1) is 11.3 Å². The van der Waals surface area contributed by atoms with E-state index in [4.69, 9.17) is 9.47 Å². The molecular weight excluding hydrogens is 402 g/mol. The van der Waals surface area contributed by atoms with Crippen LogP contribution in [-0.2, 0) is 9.53 Å². The van der Waals surface area contributed by atoms with Gasteiger partial charge in [-0.15, -0.1) is 0 Å². The molecule has 0 saturated heterocycles. The van der Waals surface area contributed by atoms with Gasteiger partial charge in [0.1, 0.15) is 16.8 Å². The summed E-state index contributed by atoms with van der Waals surface area (Å²) in [5, 5.41) is 13.5. The summed E-state index contributed by atoms with van der Waals surface area (Å²) in [6.45, 7) is 2.01. The first-order chi connectivity index (χ1) is 14.5. The molecule has 0 aliphatic carbocycles. The number of hydrogen-bond acceptors (Lipinski definition) is 7. The van der Waals surface area contributed by atoms with Gasteiger partial charge in [0.2, 0.25) is 5.91 Å². The van der Waals surface area contributed by atoms with Gasteiger partial charge < -0.3 is 14.8 Å². The molecule has 2 aromatic carbocycles. The highest BCUT2D eigenvalue weighted by Crippen LogP contribution is 2.27. The number of hydrogen-bond donors (Lipinski definition) is 1. The summed E-state index contributed by atoms with van der Waals surface area (Å²) in [6.07, 6.45) is 0. The van der Waals surface area contributed by atoms with E-state index in [1.807, 2.05) is 0 Å². The van der Waals surface area contributed by atoms with Crippen LogP contribution in [0.4, 0.5) is 5.69 Å². The Morgan fingerprint density at radius 2 is 2.03 bits per heavy atom. The third-order valence-corrected chi connectivity index (χ3v) is 5.10. The Kier molecular flexibility index (Phi) is 6.88. The summed E-state index contributed by atoms with van der Waals surface area (Å²) in [6, 6.07) is 15.8. The number of methoxy groups -OCH3 is 1. The summed E-state index contributed by atoms with van der Waals surface area (Å²) >= 11 is 1.17. The molecule has 7 nitrogen and oxygen atoms in total. The maximum absolute atomic E-state index is 12.4. The Labute approximate surface area is 178 Å². The number of fused-ring (bicyclic) bond motifs is 1. The predicted octanol–water partition coefficient (Wildman–Crippen LogP) is 4.02. The average Bonchev–Trinajstić information content (AvgIpc) is 2.77. The summed E-state index contributed by atoms with van der Waals surface area (Å²) < 4.78 is 10.2. The van der Waals surface area contributed by atoms with Crippen LogP contribution >= 0.6 is 11.8 Å². The second-order valence-electron chi connectivity index (χ2n) is 6.15. The molecule has 1 heterocycles. The Bertz CT molecular complexity index is 1140. The lowest BCUT2D eigenvalue weighted by molar-refractivity contribution is -0.113. The number of aromatic nitrogens is 1. The second-order valence-corrected chi connectivity index (χ2v) is 7.11. The van der Waals surface area contributed by atoms with Crippen LogP contribution in [0.2, 0.25) is 0 Å². The topological polar surface area (TPSA) is 101 Å². The lowest BCUT2D eigenvalue weighted by Gasteiger charge is -2.09. The molecule has 8 heteroatoms. The molecule has 1 N–H and O–H groups in total. The zero-order chi connectivity index (χ0) is 21.5. The van der Waals surface area contributed by atoms with Crippen LogP contribution in [0.25, 0.3) is 10.9 Å². The minimum atomic E-state index is -0.446. The van der Waals surface area contributed by atoms with Gasteiger partial charge in [0.25, 0.3) is 0 Å². The first kappa shape index (κ1) is 21.1. The highest BCUT2D eigenvalue weighted by molar-refractivity contribution is 8.00. The summed E-state index contributed by atoms with van der Waals surface area (Å²) in [4.78, 5) is 28.7. The Morgan fingerprint density at radius 3 is 2.77 bits per heavy atom. The molecule has 30 heavy (non-hydrogen) atoms. The summed E-state index contributed by atoms with van der Waals surface area (Å²) in [5.74, 6) is 0.0191. The van der Waals surface area contributed by atoms with E-state index >= 15 is 0 Å². The molecule has 152 valence electrons. The normalized spacial score (nSPS) is 10.3. The van der Waals surface area contributed by atoms with Crippen LogP contribution in [0.5, 0.6) is 5.75 Å². The van der Waals surface area contributed by atoms with Gasteiger partial charge >= 0.3 is 5.97 Å². The van der Waals surface area contributed by atoms with E-state index in [1.54, 1.807) is 62.6 Å². The lowest BCUT2D eigenvalue weighted by Crippen LogP contribution is -2.15. The van der Waals surface area contributed by atoms with Crippen molar-refractivity contribution >= 4 is 40.2 Å². The third kappa shape index (κ3) is 5.07. The maximum atomic E-state index is 12.4. The number of rotatable bonds is 7. The van der Waals surface area contributed by atoms with Crippen molar-refractivity contribution in [2.75, 3.05) is 24.8 Å². The highest BCUT2D eigenvalue weighted by atomic mass is 32.2. The number of benzene rings is 2. The van der Waals surface area contributed by atoms with E-state index in [1.165, 1.54) is 11.8 Å². The highest BCUT2D eigenvalue weighted by Gasteiger charge is 2.12. The Hall–Kier alpha value is -3.57. The monoisotopic (exact) mass is 421 g/mol. The van der Waals surface area contributed by atoms with E-state index in [0.717, 1.165) is 5.39 Å². The molecule has 0 bridgehead atoms. The van der Waals surface area contributed by atoms with Gasteiger partial charge in [-0.1, -0.05) is 17.8 Å². The number of nitriles is 1. The molecule has 3 rings (SSSR count). The van der Waals surface area contributed by atoms with Gasteiger partial charge in [0, 0.05) is 11.1 Å². The molecule has 3 aromatic rings. The van der Waals surface area contributed by atoms with E-state index in [-0.39, 0.29) is 18.3 Å². The third-order valence-electron chi connectivity index (χ3n) is 4.10. The second kappa shape index (κ2) is 9.76. The predicted molar refractivity (Wildman–Crippen MR) is 115 cm³/mol. The summed E-state index contributed by atoms with van der Waals surface area (Å²) in [5.41, 5.74) is 1.95. The van der Waals surface area contributed by atoms with E-state index in [2.05, 4.69) is 16.4 Å². The molecule has 0 aliphatic heterocycles. The number of thioether (sulfide) groups is 1. The number of esters is 1. The maximum Gasteiger partial charge on any atom is 0.338 e. The molecule has 0 fully saturated rings. The number of amides is 1. The van der Waals surface area contributed by atoms with E-state index in [9.17, 15) is 14.9 Å². The van der Waals surface area contributed by atoms with Crippen molar-refractivity contribution in [3.05, 3.63) is 59.7 Å². The van der Waals surface area contributed by atoms with Crippen LogP contribution < -0.4 is 10.1 Å². The molecule has 0 spiro atoms. The van der Waals surface area contributed by atoms with E-state index < -0.39 is 5.97 Å². The van der Waals surface area contributed by atoms with Crippen molar-refractivity contribution in [1.82, 2.24) is 4.98 Å². The molecule has 0 aliphatic rings. The number of anilines is 1. The van der Waals surface area contributed by atoms with Gasteiger partial charge in [0.05, 0.1) is 36.1 Å². The molecular formula is C22H19N3O4S. The van der Waals surface area contributed by atoms with Gasteiger partial charge in [0.15, 0.2) is 0 Å². The van der Waals surface area contributed by atoms with Crippen molar-refractivity contribution in [1.29, 1.82) is 5.26 Å². The van der Waals surface area contributed by atoms with Crippen molar-refractivity contribution in [2.24, 2.45) is 0 Å². The molecule has 0 unspecified atom stereocenters. The zero-order valence-corrected chi connectivity index (χ0v) is 17.3. The van der Waals surface area contributed by atoms with Crippen molar-refractivity contribution in [2.45, 2.75) is 11.9 Å². The van der Waals surface area contributed by atoms with Crippen LogP contribution in [0.3, 0.4) is 0 Å². The van der Waals surface area contributed by atoms with Crippen LogP contribution in [-0.4, -0.2) is 36.3 Å². The van der Waals surface area contributed by atoms with E-state index in [0.29, 0.717) is 33.1 Å².